The number of carbonyl (C=O) groups excluding carboxylic acids is 2. The number of allylic oxidation sites excluding steroid dienone is 1. The van der Waals surface area contributed by atoms with E-state index >= 15 is 4.79 Å². The molecule has 12 heteroatoms. The molecule has 0 spiro atoms. The van der Waals surface area contributed by atoms with Gasteiger partial charge in [0.25, 0.3) is 5.91 Å². The fourth-order valence-corrected chi connectivity index (χ4v) is 11.6. The summed E-state index contributed by atoms with van der Waals surface area (Å²) >= 11 is 0. The number of unbranched alkanes of at least 4 members (excludes halogenated alkanes) is 11. The first kappa shape index (κ1) is 56.7. The Hall–Kier alpha value is -6.00. The summed E-state index contributed by atoms with van der Waals surface area (Å²) in [7, 11) is 0. The second kappa shape index (κ2) is 27.7. The normalized spacial score (nSPS) is 21.3. The molecule has 1 saturated carbocycles. The van der Waals surface area contributed by atoms with Crippen molar-refractivity contribution in [2.45, 2.75) is 167 Å². The number of hydrogen-bond acceptors (Lipinski definition) is 10. The van der Waals surface area contributed by atoms with Crippen LogP contribution < -0.4 is 14.8 Å². The van der Waals surface area contributed by atoms with E-state index in [9.17, 15) is 20.3 Å². The Bertz CT molecular complexity index is 2610. The molecule has 75 heavy (non-hydrogen) atoms. The topological polar surface area (TPSA) is 163 Å². The van der Waals surface area contributed by atoms with Gasteiger partial charge in [0.05, 0.1) is 29.9 Å². The first-order valence-electron chi connectivity index (χ1n) is 27.9. The minimum Gasteiger partial charge on any atom is -0.459 e. The molecule has 1 fully saturated rings. The molecule has 12 nitrogen and oxygen atoms in total. The fraction of sp³-hybridized carbons (Fsp3) is 0.524. The van der Waals surface area contributed by atoms with E-state index in [1.54, 1.807) is 36.4 Å². The van der Waals surface area contributed by atoms with Gasteiger partial charge in [-0.1, -0.05) is 137 Å². The first-order chi connectivity index (χ1) is 36.4. The van der Waals surface area contributed by atoms with Crippen molar-refractivity contribution in [2.75, 3.05) is 26.4 Å². The number of oxime groups is 1. The molecule has 3 aliphatic rings. The molecular weight excluding hydrogens is 941 g/mol. The van der Waals surface area contributed by atoms with E-state index in [0.717, 1.165) is 72.4 Å². The van der Waals surface area contributed by atoms with Crippen LogP contribution in [0.5, 0.6) is 11.5 Å². The average Bonchev–Trinajstić information content (AvgIpc) is 3.45. The number of nitriles is 1. The first-order valence-corrected chi connectivity index (χ1v) is 27.9. The zero-order chi connectivity index (χ0) is 53.2. The van der Waals surface area contributed by atoms with Crippen molar-refractivity contribution < 1.29 is 38.9 Å². The molecule has 0 saturated heterocycles. The SMILES string of the molecule is C=CCO[C@@]12Oc3ccc(OC(=O)NCCCCCCCCCCCC)cc3[C@H]3[C@H](CCCCO)[C@@H](CCCCO)C=C(C(=NOC(C)(C)C)C[C@@H]1N(Cc1cccc4ccccc14)C(=O)c1ccc(C#N)cc1)[C@H]32. The summed E-state index contributed by atoms with van der Waals surface area (Å²) in [6, 6.07) is 27.9. The number of fused-ring (bicyclic) bond motifs is 3. The molecule has 0 aromatic heterocycles. The van der Waals surface area contributed by atoms with Crippen molar-refractivity contribution in [2.24, 2.45) is 22.9 Å². The molecule has 2 aliphatic carbocycles. The van der Waals surface area contributed by atoms with E-state index in [-0.39, 0.29) is 56.4 Å². The second-order valence-corrected chi connectivity index (χ2v) is 21.7. The zero-order valence-corrected chi connectivity index (χ0v) is 45.1. The number of ether oxygens (including phenoxy) is 3. The second-order valence-electron chi connectivity index (χ2n) is 21.7. The lowest BCUT2D eigenvalue weighted by Crippen LogP contribution is -2.70. The maximum Gasteiger partial charge on any atom is 0.412 e. The summed E-state index contributed by atoms with van der Waals surface area (Å²) in [5.41, 5.74) is 3.52. The van der Waals surface area contributed by atoms with Crippen LogP contribution in [0.4, 0.5) is 4.79 Å². The van der Waals surface area contributed by atoms with E-state index in [1.165, 1.54) is 44.9 Å². The quantitative estimate of drug-likeness (QED) is 0.0285. The molecule has 1 aliphatic heterocycles. The number of nitrogens with zero attached hydrogens (tertiary/aromatic N) is 3. The molecule has 7 rings (SSSR count). The Balaban J connectivity index is 1.35. The number of rotatable bonds is 28. The highest BCUT2D eigenvalue weighted by Gasteiger charge is 2.65. The Morgan fingerprint density at radius 1 is 0.880 bits per heavy atom. The number of carbonyl (C=O) groups is 2. The minimum atomic E-state index is -1.54. The maximum atomic E-state index is 15.7. The van der Waals surface area contributed by atoms with Crippen molar-refractivity contribution in [3.8, 4) is 17.6 Å². The van der Waals surface area contributed by atoms with E-state index in [2.05, 4.69) is 49.2 Å². The lowest BCUT2D eigenvalue weighted by atomic mass is 9.55. The van der Waals surface area contributed by atoms with Crippen LogP contribution >= 0.6 is 0 Å². The third-order valence-corrected chi connectivity index (χ3v) is 15.2. The molecule has 0 unspecified atom stereocenters. The molecule has 402 valence electrons. The van der Waals surface area contributed by atoms with Crippen molar-refractivity contribution in [1.29, 1.82) is 5.26 Å². The summed E-state index contributed by atoms with van der Waals surface area (Å²) in [6.07, 6.45) is 20.1. The highest BCUT2D eigenvalue weighted by molar-refractivity contribution is 6.03. The van der Waals surface area contributed by atoms with E-state index < -0.39 is 29.4 Å². The molecule has 1 heterocycles. The van der Waals surface area contributed by atoms with Crippen molar-refractivity contribution >= 4 is 28.5 Å². The number of amides is 2. The van der Waals surface area contributed by atoms with Crippen LogP contribution in [-0.4, -0.2) is 76.6 Å². The number of benzene rings is 4. The molecule has 0 bridgehead atoms. The van der Waals surface area contributed by atoms with Gasteiger partial charge in [-0.25, -0.2) is 4.79 Å². The van der Waals surface area contributed by atoms with Gasteiger partial charge in [-0.3, -0.25) is 4.79 Å². The lowest BCUT2D eigenvalue weighted by Gasteiger charge is -2.60. The fourth-order valence-electron chi connectivity index (χ4n) is 11.6. The van der Waals surface area contributed by atoms with E-state index in [4.69, 9.17) is 24.2 Å². The summed E-state index contributed by atoms with van der Waals surface area (Å²) in [4.78, 5) is 37.5. The third kappa shape index (κ3) is 14.5. The summed E-state index contributed by atoms with van der Waals surface area (Å²) in [5.74, 6) is -1.83. The molecule has 0 radical (unpaired) electrons. The smallest absolute Gasteiger partial charge is 0.412 e. The van der Waals surface area contributed by atoms with E-state index in [0.29, 0.717) is 47.7 Å². The average molecular weight is 1020 g/mol. The van der Waals surface area contributed by atoms with Crippen molar-refractivity contribution in [1.82, 2.24) is 10.2 Å². The van der Waals surface area contributed by atoms with Crippen LogP contribution in [0.15, 0.2) is 114 Å². The van der Waals surface area contributed by atoms with Crippen LogP contribution in [0.25, 0.3) is 10.8 Å². The Morgan fingerprint density at radius 3 is 2.27 bits per heavy atom. The van der Waals surface area contributed by atoms with Gasteiger partial charge in [0.15, 0.2) is 0 Å². The standard InChI is InChI=1S/C63H82N4O8/c1-6-8-9-10-11-12-13-14-15-20-36-65-61(71)73-50-34-35-56-54(41-50)58-52(29-19-22-38-69)48(25-18-21-37-68)40-53-55(66-75-62(3,4)5)42-57(63(74-56,59(53)58)72-39-7-2)67(60(70)47-32-30-45(43-64)31-33-47)44-49-27-23-26-46-24-16-17-28-51(46)49/h7,16-17,23-24,26-28,30-35,40-41,48,52,57-59,68-69H,2,6,8-15,18-22,25,29,36-39,42,44H2,1,3-5H3,(H,65,71)/t48-,52+,57-,58+,59+,63+/m0/s1. The molecular formula is C63H82N4O8. The van der Waals surface area contributed by atoms with Crippen molar-refractivity contribution in [3.63, 3.8) is 0 Å². The molecule has 4 aromatic carbocycles. The largest absolute Gasteiger partial charge is 0.459 e. The lowest BCUT2D eigenvalue weighted by molar-refractivity contribution is -0.255. The molecule has 2 amide bonds. The predicted molar refractivity (Wildman–Crippen MR) is 297 cm³/mol. The highest BCUT2D eigenvalue weighted by Crippen LogP contribution is 2.62. The predicted octanol–water partition coefficient (Wildman–Crippen LogP) is 13.5. The van der Waals surface area contributed by atoms with Gasteiger partial charge in [-0.15, -0.1) is 6.58 Å². The van der Waals surface area contributed by atoms with Crippen LogP contribution in [-0.2, 0) is 16.1 Å². The Labute approximate surface area is 446 Å². The minimum absolute atomic E-state index is 0.00642. The third-order valence-electron chi connectivity index (χ3n) is 15.2. The van der Waals surface area contributed by atoms with Gasteiger partial charge in [-0.05, 0) is 129 Å². The van der Waals surface area contributed by atoms with Gasteiger partial charge in [-0.2, -0.15) is 5.26 Å². The Kier molecular flexibility index (Phi) is 20.9. The van der Waals surface area contributed by atoms with Crippen molar-refractivity contribution in [3.05, 3.63) is 131 Å². The Morgan fingerprint density at radius 2 is 1.57 bits per heavy atom. The van der Waals surface area contributed by atoms with Gasteiger partial charge >= 0.3 is 6.09 Å². The number of aliphatic hydroxyl groups is 2. The van der Waals surface area contributed by atoms with E-state index in [1.807, 2.05) is 62.1 Å². The van der Waals surface area contributed by atoms with Crippen LogP contribution in [0.3, 0.4) is 0 Å². The summed E-state index contributed by atoms with van der Waals surface area (Å²) < 4.78 is 20.9. The molecule has 4 aromatic rings. The monoisotopic (exact) mass is 1020 g/mol. The summed E-state index contributed by atoms with van der Waals surface area (Å²) in [6.45, 7) is 13.1. The molecule has 3 N–H and O–H groups in total. The van der Waals surface area contributed by atoms with Gasteiger partial charge < -0.3 is 39.5 Å². The zero-order valence-electron chi connectivity index (χ0n) is 45.1. The number of nitrogens with one attached hydrogen (secondary N) is 1. The maximum absolute atomic E-state index is 15.7. The van der Waals surface area contributed by atoms with Gasteiger partial charge in [0, 0.05) is 49.8 Å². The molecule has 6 atom stereocenters. The van der Waals surface area contributed by atoms with Gasteiger partial charge in [0.2, 0.25) is 5.79 Å². The van der Waals surface area contributed by atoms with Crippen LogP contribution in [0, 0.1) is 29.1 Å². The number of hydrogen-bond donors (Lipinski definition) is 3. The van der Waals surface area contributed by atoms with Crippen LogP contribution in [0.1, 0.15) is 170 Å². The van der Waals surface area contributed by atoms with Crippen LogP contribution in [0.2, 0.25) is 0 Å². The van der Waals surface area contributed by atoms with Gasteiger partial charge in [0.1, 0.15) is 23.1 Å². The number of aliphatic hydroxyl groups excluding tert-OH is 2. The highest BCUT2D eigenvalue weighted by atomic mass is 16.7. The summed E-state index contributed by atoms with van der Waals surface area (Å²) in [5, 5.41) is 40.0.